The van der Waals surface area contributed by atoms with Gasteiger partial charge in [-0.2, -0.15) is 5.26 Å². The van der Waals surface area contributed by atoms with Gasteiger partial charge in [0.1, 0.15) is 17.4 Å². The summed E-state index contributed by atoms with van der Waals surface area (Å²) in [6.07, 6.45) is -3.67. The molecule has 3 rings (SSSR count). The standard InChI is InChI=1S/C18H9F3N4O4S/c19-18(20,21)29-13-4-5-14-15(8-13)30-17(23-14)24-16(26)11(9-22)6-10-2-1-3-12(7-10)25(27)28/h1-8H,(H,23,24,26)/b11-6+. The first kappa shape index (κ1) is 20.7. The Morgan fingerprint density at radius 1 is 1.30 bits per heavy atom. The summed E-state index contributed by atoms with van der Waals surface area (Å²) in [5, 5.41) is 22.5. The number of benzene rings is 2. The molecule has 30 heavy (non-hydrogen) atoms. The number of hydrogen-bond donors (Lipinski definition) is 1. The van der Waals surface area contributed by atoms with E-state index in [9.17, 15) is 33.3 Å². The van der Waals surface area contributed by atoms with Gasteiger partial charge in [-0.05, 0) is 23.8 Å². The second kappa shape index (κ2) is 8.18. The number of nitrogens with one attached hydrogen (secondary N) is 1. The van der Waals surface area contributed by atoms with Crippen molar-refractivity contribution in [1.82, 2.24) is 4.98 Å². The minimum absolute atomic E-state index is 0.0550. The number of fused-ring (bicyclic) bond motifs is 1. The fourth-order valence-corrected chi connectivity index (χ4v) is 3.25. The average Bonchev–Trinajstić information content (AvgIpc) is 3.06. The summed E-state index contributed by atoms with van der Waals surface area (Å²) < 4.78 is 41.2. The molecule has 1 aromatic heterocycles. The zero-order chi connectivity index (χ0) is 21.9. The van der Waals surface area contributed by atoms with E-state index in [4.69, 9.17) is 0 Å². The Bertz CT molecular complexity index is 1210. The maximum Gasteiger partial charge on any atom is 0.573 e. The topological polar surface area (TPSA) is 118 Å². The first-order valence-corrected chi connectivity index (χ1v) is 8.80. The van der Waals surface area contributed by atoms with Crippen LogP contribution < -0.4 is 10.1 Å². The molecule has 1 heterocycles. The normalized spacial score (nSPS) is 11.7. The van der Waals surface area contributed by atoms with Crippen molar-refractivity contribution in [2.24, 2.45) is 0 Å². The van der Waals surface area contributed by atoms with Gasteiger partial charge in [-0.1, -0.05) is 23.5 Å². The highest BCUT2D eigenvalue weighted by atomic mass is 32.1. The van der Waals surface area contributed by atoms with Crippen LogP contribution in [0, 0.1) is 21.4 Å². The third-order valence-corrected chi connectivity index (χ3v) is 4.50. The average molecular weight is 434 g/mol. The fraction of sp³-hybridized carbons (Fsp3) is 0.0556. The number of anilines is 1. The summed E-state index contributed by atoms with van der Waals surface area (Å²) in [4.78, 5) is 26.7. The number of ether oxygens (including phenoxy) is 1. The van der Waals surface area contributed by atoms with Crippen LogP contribution in [-0.4, -0.2) is 22.2 Å². The molecule has 152 valence electrons. The number of nitriles is 1. The van der Waals surface area contributed by atoms with Crippen LogP contribution in [0.4, 0.5) is 24.0 Å². The summed E-state index contributed by atoms with van der Waals surface area (Å²) in [5.74, 6) is -1.25. The number of carbonyl (C=O) groups excluding carboxylic acids is 1. The third kappa shape index (κ3) is 5.09. The van der Waals surface area contributed by atoms with Crippen molar-refractivity contribution in [3.8, 4) is 11.8 Å². The zero-order valence-corrected chi connectivity index (χ0v) is 15.5. The van der Waals surface area contributed by atoms with Crippen LogP contribution in [0.3, 0.4) is 0 Å². The second-order valence-electron chi connectivity index (χ2n) is 5.67. The number of rotatable bonds is 5. The minimum atomic E-state index is -4.84. The van der Waals surface area contributed by atoms with Crippen LogP contribution in [0.15, 0.2) is 48.0 Å². The monoisotopic (exact) mass is 434 g/mol. The number of nitro groups is 1. The highest BCUT2D eigenvalue weighted by Crippen LogP contribution is 2.31. The lowest BCUT2D eigenvalue weighted by atomic mass is 10.1. The van der Waals surface area contributed by atoms with Gasteiger partial charge >= 0.3 is 6.36 Å². The van der Waals surface area contributed by atoms with E-state index in [0.717, 1.165) is 23.5 Å². The molecular weight excluding hydrogens is 425 g/mol. The van der Waals surface area contributed by atoms with E-state index in [0.29, 0.717) is 10.2 Å². The lowest BCUT2D eigenvalue weighted by Gasteiger charge is -2.07. The smallest absolute Gasteiger partial charge is 0.406 e. The summed E-state index contributed by atoms with van der Waals surface area (Å²) in [6.45, 7) is 0. The zero-order valence-electron chi connectivity index (χ0n) is 14.6. The molecule has 8 nitrogen and oxygen atoms in total. The van der Waals surface area contributed by atoms with E-state index in [1.807, 2.05) is 0 Å². The summed E-state index contributed by atoms with van der Waals surface area (Å²) in [5.41, 5.74) is 0.0560. The molecule has 0 radical (unpaired) electrons. The van der Waals surface area contributed by atoms with Crippen molar-refractivity contribution in [3.05, 3.63) is 63.7 Å². The quantitative estimate of drug-likeness (QED) is 0.270. The number of non-ortho nitro benzene ring substituents is 1. The molecule has 0 aliphatic heterocycles. The van der Waals surface area contributed by atoms with Gasteiger partial charge in [-0.15, -0.1) is 13.2 Å². The molecule has 0 unspecified atom stereocenters. The van der Waals surface area contributed by atoms with Crippen molar-refractivity contribution in [1.29, 1.82) is 5.26 Å². The van der Waals surface area contributed by atoms with E-state index in [1.54, 1.807) is 6.07 Å². The van der Waals surface area contributed by atoms with Crippen molar-refractivity contribution in [2.45, 2.75) is 6.36 Å². The molecule has 12 heteroatoms. The SMILES string of the molecule is N#C/C(=C\c1cccc([N+](=O)[O-])c1)C(=O)Nc1nc2ccc(OC(F)(F)F)cc2s1. The predicted molar refractivity (Wildman–Crippen MR) is 102 cm³/mol. The van der Waals surface area contributed by atoms with Crippen LogP contribution in [-0.2, 0) is 4.79 Å². The molecule has 0 aliphatic rings. The number of alkyl halides is 3. The molecule has 0 saturated carbocycles. The minimum Gasteiger partial charge on any atom is -0.406 e. The van der Waals surface area contributed by atoms with Crippen molar-refractivity contribution >= 4 is 44.4 Å². The van der Waals surface area contributed by atoms with Gasteiger partial charge in [0.05, 0.1) is 15.1 Å². The van der Waals surface area contributed by atoms with Crippen LogP contribution in [0.2, 0.25) is 0 Å². The Kier molecular flexibility index (Phi) is 5.65. The summed E-state index contributed by atoms with van der Waals surface area (Å²) in [7, 11) is 0. The van der Waals surface area contributed by atoms with Crippen molar-refractivity contribution < 1.29 is 27.6 Å². The molecule has 3 aromatic rings. The van der Waals surface area contributed by atoms with E-state index in [2.05, 4.69) is 15.0 Å². The van der Waals surface area contributed by atoms with Gasteiger partial charge in [0, 0.05) is 18.2 Å². The van der Waals surface area contributed by atoms with Gasteiger partial charge < -0.3 is 4.74 Å². The highest BCUT2D eigenvalue weighted by Gasteiger charge is 2.31. The van der Waals surface area contributed by atoms with Gasteiger partial charge in [-0.3, -0.25) is 20.2 Å². The number of halogens is 3. The van der Waals surface area contributed by atoms with Crippen LogP contribution >= 0.6 is 11.3 Å². The van der Waals surface area contributed by atoms with Gasteiger partial charge in [0.15, 0.2) is 5.13 Å². The van der Waals surface area contributed by atoms with E-state index >= 15 is 0 Å². The number of nitrogens with zero attached hydrogens (tertiary/aromatic N) is 3. The number of hydrogen-bond acceptors (Lipinski definition) is 7. The Morgan fingerprint density at radius 2 is 2.07 bits per heavy atom. The summed E-state index contributed by atoms with van der Waals surface area (Å²) in [6, 6.07) is 10.6. The Morgan fingerprint density at radius 3 is 2.73 bits per heavy atom. The van der Waals surface area contributed by atoms with Gasteiger partial charge in [-0.25, -0.2) is 4.98 Å². The molecule has 0 bridgehead atoms. The number of amides is 1. The molecule has 1 N–H and O–H groups in total. The second-order valence-corrected chi connectivity index (χ2v) is 6.70. The maximum absolute atomic E-state index is 12.4. The lowest BCUT2D eigenvalue weighted by Crippen LogP contribution is -2.16. The Labute approximate surface area is 170 Å². The van der Waals surface area contributed by atoms with E-state index in [1.165, 1.54) is 36.4 Å². The highest BCUT2D eigenvalue weighted by molar-refractivity contribution is 7.22. The largest absolute Gasteiger partial charge is 0.573 e. The maximum atomic E-state index is 12.4. The number of thiazole rings is 1. The molecule has 0 spiro atoms. The number of aromatic nitrogens is 1. The van der Waals surface area contributed by atoms with Crippen molar-refractivity contribution in [3.63, 3.8) is 0 Å². The van der Waals surface area contributed by atoms with Gasteiger partial charge in [0.25, 0.3) is 11.6 Å². The molecule has 1 amide bonds. The van der Waals surface area contributed by atoms with Gasteiger partial charge in [0.2, 0.25) is 0 Å². The lowest BCUT2D eigenvalue weighted by molar-refractivity contribution is -0.384. The van der Waals surface area contributed by atoms with E-state index < -0.39 is 22.9 Å². The molecule has 0 fully saturated rings. The third-order valence-electron chi connectivity index (χ3n) is 3.57. The van der Waals surface area contributed by atoms with Crippen LogP contribution in [0.5, 0.6) is 5.75 Å². The Hall–Kier alpha value is -3.98. The molecule has 0 atom stereocenters. The summed E-state index contributed by atoms with van der Waals surface area (Å²) >= 11 is 0.890. The first-order chi connectivity index (χ1) is 14.1. The molecule has 2 aromatic carbocycles. The number of carbonyl (C=O) groups is 1. The number of nitro benzene ring substituents is 1. The molecule has 0 saturated heterocycles. The van der Waals surface area contributed by atoms with Crippen LogP contribution in [0.1, 0.15) is 5.56 Å². The predicted octanol–water partition coefficient (Wildman–Crippen LogP) is 4.65. The molecule has 0 aliphatic carbocycles. The van der Waals surface area contributed by atoms with E-state index in [-0.39, 0.29) is 22.0 Å². The molecular formula is C18H9F3N4O4S. The Balaban J connectivity index is 1.81. The fourth-order valence-electron chi connectivity index (χ4n) is 2.36. The van der Waals surface area contributed by atoms with Crippen LogP contribution in [0.25, 0.3) is 16.3 Å². The first-order valence-electron chi connectivity index (χ1n) is 7.98. The van der Waals surface area contributed by atoms with Crippen molar-refractivity contribution in [2.75, 3.05) is 5.32 Å².